The van der Waals surface area contributed by atoms with Crippen molar-refractivity contribution in [2.75, 3.05) is 18.4 Å². The molecule has 0 bridgehead atoms. The number of aromatic nitrogens is 1. The Morgan fingerprint density at radius 2 is 1.86 bits per heavy atom. The van der Waals surface area contributed by atoms with Gasteiger partial charge >= 0.3 is 0 Å². The average molecular weight is 512 g/mol. The Hall–Kier alpha value is -3.63. The highest BCUT2D eigenvalue weighted by Gasteiger charge is 2.37. The largest absolute Gasteiger partial charge is 0.355 e. The van der Waals surface area contributed by atoms with Crippen LogP contribution < -0.4 is 5.32 Å². The van der Waals surface area contributed by atoms with Crippen molar-refractivity contribution in [3.63, 3.8) is 0 Å². The first-order valence-electron chi connectivity index (χ1n) is 11.5. The SMILES string of the molecule is CC(=O)c1ccc(NC(=O)[C@@H]2CCCN(S(=O)(=O)c3c(C)noc3/C=C/c3ccccc3F)C2)cc1. The molecule has 2 heterocycles. The van der Waals surface area contributed by atoms with Crippen LogP contribution in [0.4, 0.5) is 10.1 Å². The van der Waals surface area contributed by atoms with Crippen LogP contribution in [0.15, 0.2) is 57.9 Å². The maximum atomic E-state index is 14.0. The lowest BCUT2D eigenvalue weighted by molar-refractivity contribution is -0.120. The molecular formula is C26H26FN3O5S. The Balaban J connectivity index is 1.51. The Morgan fingerprint density at radius 3 is 2.56 bits per heavy atom. The second-order valence-corrected chi connectivity index (χ2v) is 10.5. The minimum absolute atomic E-state index is 0.000778. The van der Waals surface area contributed by atoms with E-state index in [4.69, 9.17) is 4.52 Å². The number of hydrogen-bond acceptors (Lipinski definition) is 6. The van der Waals surface area contributed by atoms with E-state index in [0.717, 1.165) is 0 Å². The summed E-state index contributed by atoms with van der Waals surface area (Å²) in [5.41, 5.74) is 1.52. The average Bonchev–Trinajstić information content (AvgIpc) is 3.25. The number of nitrogens with zero attached hydrogens (tertiary/aromatic N) is 2. The van der Waals surface area contributed by atoms with Crippen molar-refractivity contribution in [2.45, 2.75) is 31.6 Å². The first kappa shape index (κ1) is 25.5. The topological polar surface area (TPSA) is 110 Å². The van der Waals surface area contributed by atoms with Gasteiger partial charge in [-0.05, 0) is 69.2 Å². The molecule has 1 N–H and O–H groups in total. The van der Waals surface area contributed by atoms with Gasteiger partial charge in [-0.2, -0.15) is 4.31 Å². The van der Waals surface area contributed by atoms with Gasteiger partial charge in [0.15, 0.2) is 16.4 Å². The maximum Gasteiger partial charge on any atom is 0.248 e. The first-order valence-corrected chi connectivity index (χ1v) is 12.9. The summed E-state index contributed by atoms with van der Waals surface area (Å²) in [5, 5.41) is 6.61. The van der Waals surface area contributed by atoms with E-state index in [1.54, 1.807) is 42.5 Å². The van der Waals surface area contributed by atoms with Gasteiger partial charge in [0.2, 0.25) is 15.9 Å². The van der Waals surface area contributed by atoms with Crippen molar-refractivity contribution in [3.8, 4) is 0 Å². The van der Waals surface area contributed by atoms with Crippen LogP contribution >= 0.6 is 0 Å². The number of anilines is 1. The Morgan fingerprint density at radius 1 is 1.14 bits per heavy atom. The van der Waals surface area contributed by atoms with Crippen LogP contribution in [0.3, 0.4) is 0 Å². The molecule has 0 saturated carbocycles. The predicted octanol–water partition coefficient (Wildman–Crippen LogP) is 4.53. The zero-order valence-corrected chi connectivity index (χ0v) is 20.7. The van der Waals surface area contributed by atoms with Gasteiger partial charge < -0.3 is 9.84 Å². The number of carbonyl (C=O) groups is 2. The Kier molecular flexibility index (Phi) is 7.46. The van der Waals surface area contributed by atoms with Crippen molar-refractivity contribution >= 4 is 39.6 Å². The Labute approximate surface area is 208 Å². The minimum Gasteiger partial charge on any atom is -0.355 e. The number of halogens is 1. The summed E-state index contributed by atoms with van der Waals surface area (Å²) < 4.78 is 47.6. The van der Waals surface area contributed by atoms with Crippen molar-refractivity contribution in [3.05, 3.63) is 76.9 Å². The summed E-state index contributed by atoms with van der Waals surface area (Å²) in [7, 11) is -4.03. The van der Waals surface area contributed by atoms with Crippen LogP contribution in [0.1, 0.15) is 47.1 Å². The molecule has 0 unspecified atom stereocenters. The van der Waals surface area contributed by atoms with Crippen LogP contribution in [0, 0.1) is 18.7 Å². The van der Waals surface area contributed by atoms with E-state index in [9.17, 15) is 22.4 Å². The van der Waals surface area contributed by atoms with E-state index in [1.807, 2.05) is 0 Å². The summed E-state index contributed by atoms with van der Waals surface area (Å²) in [6.45, 7) is 3.24. The van der Waals surface area contributed by atoms with Crippen LogP contribution in [0.25, 0.3) is 12.2 Å². The van der Waals surface area contributed by atoms with E-state index in [-0.39, 0.29) is 46.7 Å². The fourth-order valence-electron chi connectivity index (χ4n) is 4.11. The molecule has 1 aliphatic rings. The van der Waals surface area contributed by atoms with Crippen molar-refractivity contribution in [2.24, 2.45) is 5.92 Å². The van der Waals surface area contributed by atoms with E-state index >= 15 is 0 Å². The van der Waals surface area contributed by atoms with Gasteiger partial charge in [-0.15, -0.1) is 0 Å². The molecule has 36 heavy (non-hydrogen) atoms. The molecule has 1 aromatic heterocycles. The molecule has 10 heteroatoms. The lowest BCUT2D eigenvalue weighted by Gasteiger charge is -2.31. The molecule has 1 fully saturated rings. The molecule has 2 aromatic carbocycles. The number of amides is 1. The molecule has 188 valence electrons. The maximum absolute atomic E-state index is 14.0. The van der Waals surface area contributed by atoms with E-state index in [1.165, 1.54) is 36.4 Å². The monoisotopic (exact) mass is 511 g/mol. The molecular weight excluding hydrogens is 485 g/mol. The highest BCUT2D eigenvalue weighted by atomic mass is 32.2. The van der Waals surface area contributed by atoms with Gasteiger partial charge in [0, 0.05) is 29.9 Å². The number of aryl methyl sites for hydroxylation is 1. The summed E-state index contributed by atoms with van der Waals surface area (Å²) in [6, 6.07) is 12.6. The smallest absolute Gasteiger partial charge is 0.248 e. The second-order valence-electron chi connectivity index (χ2n) is 8.64. The number of carbonyl (C=O) groups excluding carboxylic acids is 2. The number of nitrogens with one attached hydrogen (secondary N) is 1. The minimum atomic E-state index is -4.03. The molecule has 4 rings (SSSR count). The van der Waals surface area contributed by atoms with Crippen LogP contribution in [0.2, 0.25) is 0 Å². The fraction of sp³-hybridized carbons (Fsp3) is 0.269. The third-order valence-corrected chi connectivity index (χ3v) is 8.09. The van der Waals surface area contributed by atoms with Gasteiger partial charge in [-0.3, -0.25) is 9.59 Å². The lowest BCUT2D eigenvalue weighted by atomic mass is 9.98. The van der Waals surface area contributed by atoms with Gasteiger partial charge in [0.05, 0.1) is 5.92 Å². The van der Waals surface area contributed by atoms with Crippen molar-refractivity contribution in [1.29, 1.82) is 0 Å². The first-order chi connectivity index (χ1) is 17.2. The number of piperidine rings is 1. The zero-order chi connectivity index (χ0) is 25.9. The zero-order valence-electron chi connectivity index (χ0n) is 19.9. The van der Waals surface area contributed by atoms with Crippen LogP contribution in [-0.2, 0) is 14.8 Å². The number of benzene rings is 2. The van der Waals surface area contributed by atoms with Gasteiger partial charge in [-0.25, -0.2) is 12.8 Å². The van der Waals surface area contributed by atoms with Crippen molar-refractivity contribution in [1.82, 2.24) is 9.46 Å². The fourth-order valence-corrected chi connectivity index (χ4v) is 5.88. The number of ketones is 1. The Bertz CT molecular complexity index is 1410. The normalized spacial score (nSPS) is 16.8. The number of rotatable bonds is 7. The highest BCUT2D eigenvalue weighted by molar-refractivity contribution is 7.89. The van der Waals surface area contributed by atoms with Gasteiger partial charge in [0.1, 0.15) is 11.5 Å². The van der Waals surface area contributed by atoms with Crippen molar-refractivity contribution < 1.29 is 26.9 Å². The quantitative estimate of drug-likeness (QED) is 0.467. The standard InChI is InChI=1S/C26H26FN3O5S/c1-17-25(24(35-29-17)14-11-20-6-3-4-8-23(20)27)36(33,34)30-15-5-7-21(16-30)26(32)28-22-12-9-19(10-13-22)18(2)31/h3-4,6,8-14,21H,5,7,15-16H2,1-2H3,(H,28,32)/b14-11+/t21-/m1/s1. The predicted molar refractivity (Wildman–Crippen MR) is 133 cm³/mol. The number of hydrogen-bond donors (Lipinski definition) is 1. The summed E-state index contributed by atoms with van der Waals surface area (Å²) in [5.74, 6) is -1.39. The molecule has 0 aliphatic carbocycles. The summed E-state index contributed by atoms with van der Waals surface area (Å²) in [4.78, 5) is 24.2. The van der Waals surface area contributed by atoms with E-state index < -0.39 is 21.8 Å². The molecule has 1 atom stereocenters. The van der Waals surface area contributed by atoms with Crippen LogP contribution in [-0.4, -0.2) is 42.7 Å². The van der Waals surface area contributed by atoms with Gasteiger partial charge in [-0.1, -0.05) is 23.4 Å². The van der Waals surface area contributed by atoms with E-state index in [2.05, 4.69) is 10.5 Å². The van der Waals surface area contributed by atoms with Crippen LogP contribution in [0.5, 0.6) is 0 Å². The van der Waals surface area contributed by atoms with E-state index in [0.29, 0.717) is 24.1 Å². The number of Topliss-reactive ketones (excluding diaryl/α,β-unsaturated/α-hetero) is 1. The third kappa shape index (κ3) is 5.44. The molecule has 3 aromatic rings. The van der Waals surface area contributed by atoms with Gasteiger partial charge in [0.25, 0.3) is 0 Å². The molecule has 0 spiro atoms. The summed E-state index contributed by atoms with van der Waals surface area (Å²) in [6.07, 6.45) is 3.85. The molecule has 8 nitrogen and oxygen atoms in total. The third-order valence-electron chi connectivity index (χ3n) is 6.06. The molecule has 1 saturated heterocycles. The molecule has 1 amide bonds. The second kappa shape index (κ2) is 10.5. The lowest BCUT2D eigenvalue weighted by Crippen LogP contribution is -2.43. The summed E-state index contributed by atoms with van der Waals surface area (Å²) >= 11 is 0. The highest BCUT2D eigenvalue weighted by Crippen LogP contribution is 2.30. The molecule has 1 aliphatic heterocycles. The molecule has 0 radical (unpaired) electrons. The number of sulfonamides is 1.